The van der Waals surface area contributed by atoms with Gasteiger partial charge >= 0.3 is 0 Å². The van der Waals surface area contributed by atoms with Crippen molar-refractivity contribution in [3.8, 4) is 23.3 Å². The number of halogens is 1. The molecule has 0 N–H and O–H groups in total. The highest BCUT2D eigenvalue weighted by Gasteiger charge is 2.32. The Labute approximate surface area is 176 Å². The van der Waals surface area contributed by atoms with Crippen molar-refractivity contribution in [2.75, 3.05) is 0 Å². The third-order valence-corrected chi connectivity index (χ3v) is 4.63. The van der Waals surface area contributed by atoms with Crippen molar-refractivity contribution in [1.82, 2.24) is 4.57 Å². The van der Waals surface area contributed by atoms with Gasteiger partial charge in [-0.15, -0.1) is 0 Å². The molecule has 2 aromatic carbocycles. The van der Waals surface area contributed by atoms with Gasteiger partial charge in [-0.25, -0.2) is 0 Å². The maximum Gasteiger partial charge on any atom is 0.255 e. The SMILES string of the molecule is CC(Oc1ccc(Oc2ccc(Br)cc2)cc1)C(=O)C(C#N)C(=O)n1cccc1. The van der Waals surface area contributed by atoms with Crippen molar-refractivity contribution in [3.05, 3.63) is 77.5 Å². The monoisotopic (exact) mass is 452 g/mol. The first-order chi connectivity index (χ1) is 14.0. The number of carbonyl (C=O) groups excluding carboxylic acids is 2. The first kappa shape index (κ1) is 20.4. The summed E-state index contributed by atoms with van der Waals surface area (Å²) in [4.78, 5) is 24.9. The molecule has 7 heteroatoms. The van der Waals surface area contributed by atoms with Crippen LogP contribution in [0.25, 0.3) is 0 Å². The van der Waals surface area contributed by atoms with E-state index < -0.39 is 23.7 Å². The number of carbonyl (C=O) groups is 2. The molecule has 0 spiro atoms. The molecule has 1 heterocycles. The summed E-state index contributed by atoms with van der Waals surface area (Å²) in [6, 6.07) is 19.2. The zero-order valence-electron chi connectivity index (χ0n) is 15.5. The van der Waals surface area contributed by atoms with E-state index in [1.165, 1.54) is 23.9 Å². The van der Waals surface area contributed by atoms with Gasteiger partial charge in [-0.1, -0.05) is 15.9 Å². The van der Waals surface area contributed by atoms with Crippen LogP contribution in [-0.4, -0.2) is 22.4 Å². The summed E-state index contributed by atoms with van der Waals surface area (Å²) in [6.07, 6.45) is 2.03. The summed E-state index contributed by atoms with van der Waals surface area (Å²) >= 11 is 3.37. The zero-order chi connectivity index (χ0) is 20.8. The quantitative estimate of drug-likeness (QED) is 0.478. The summed E-state index contributed by atoms with van der Waals surface area (Å²) in [7, 11) is 0. The fourth-order valence-corrected chi connectivity index (χ4v) is 2.86. The molecule has 3 aromatic rings. The average molecular weight is 453 g/mol. The molecule has 29 heavy (non-hydrogen) atoms. The molecule has 0 radical (unpaired) electrons. The van der Waals surface area contributed by atoms with E-state index in [1.54, 1.807) is 42.5 Å². The summed E-state index contributed by atoms with van der Waals surface area (Å²) in [5.41, 5.74) is 0. The molecular weight excluding hydrogens is 436 g/mol. The van der Waals surface area contributed by atoms with E-state index in [9.17, 15) is 14.9 Å². The minimum absolute atomic E-state index is 0.430. The predicted molar refractivity (Wildman–Crippen MR) is 110 cm³/mol. The van der Waals surface area contributed by atoms with Gasteiger partial charge in [0.1, 0.15) is 17.2 Å². The lowest BCUT2D eigenvalue weighted by molar-refractivity contribution is -0.126. The van der Waals surface area contributed by atoms with E-state index in [1.807, 2.05) is 24.3 Å². The van der Waals surface area contributed by atoms with E-state index >= 15 is 0 Å². The number of hydrogen-bond donors (Lipinski definition) is 0. The number of ketones is 1. The molecule has 0 saturated heterocycles. The number of hydrogen-bond acceptors (Lipinski definition) is 5. The number of aromatic nitrogens is 1. The molecular formula is C22H17BrN2O4. The summed E-state index contributed by atoms with van der Waals surface area (Å²) < 4.78 is 13.5. The third kappa shape index (κ3) is 5.12. The molecule has 0 bridgehead atoms. The Bertz CT molecular complexity index is 1020. The molecule has 0 aliphatic carbocycles. The van der Waals surface area contributed by atoms with Crippen LogP contribution in [-0.2, 0) is 4.79 Å². The van der Waals surface area contributed by atoms with E-state index in [-0.39, 0.29) is 0 Å². The van der Waals surface area contributed by atoms with Crippen LogP contribution in [0.5, 0.6) is 17.2 Å². The van der Waals surface area contributed by atoms with Crippen LogP contribution in [0.1, 0.15) is 11.7 Å². The minimum Gasteiger partial charge on any atom is -0.483 e. The van der Waals surface area contributed by atoms with Crippen LogP contribution in [0.2, 0.25) is 0 Å². The number of nitrogens with zero attached hydrogens (tertiary/aromatic N) is 2. The van der Waals surface area contributed by atoms with Crippen LogP contribution < -0.4 is 9.47 Å². The Morgan fingerprint density at radius 1 is 0.966 bits per heavy atom. The lowest BCUT2D eigenvalue weighted by Gasteiger charge is -2.16. The molecule has 0 saturated carbocycles. The number of rotatable bonds is 7. The lowest BCUT2D eigenvalue weighted by atomic mass is 10.0. The number of benzene rings is 2. The Morgan fingerprint density at radius 2 is 1.48 bits per heavy atom. The van der Waals surface area contributed by atoms with Gasteiger partial charge < -0.3 is 9.47 Å². The lowest BCUT2D eigenvalue weighted by Crippen LogP contribution is -2.36. The van der Waals surface area contributed by atoms with Crippen LogP contribution >= 0.6 is 15.9 Å². The Hall–Kier alpha value is -3.37. The fraction of sp³-hybridized carbons (Fsp3) is 0.136. The van der Waals surface area contributed by atoms with Gasteiger partial charge in [0, 0.05) is 16.9 Å². The van der Waals surface area contributed by atoms with Gasteiger partial charge in [-0.05, 0) is 67.6 Å². The molecule has 146 valence electrons. The third-order valence-electron chi connectivity index (χ3n) is 4.11. The van der Waals surface area contributed by atoms with Crippen LogP contribution in [0.4, 0.5) is 0 Å². The first-order valence-electron chi connectivity index (χ1n) is 8.78. The summed E-state index contributed by atoms with van der Waals surface area (Å²) in [6.45, 7) is 1.52. The van der Waals surface area contributed by atoms with E-state index in [2.05, 4.69) is 15.9 Å². The van der Waals surface area contributed by atoms with Crippen molar-refractivity contribution in [1.29, 1.82) is 5.26 Å². The molecule has 6 nitrogen and oxygen atoms in total. The predicted octanol–water partition coefficient (Wildman–Crippen LogP) is 4.86. The van der Waals surface area contributed by atoms with Crippen molar-refractivity contribution in [3.63, 3.8) is 0 Å². The molecule has 1 aromatic heterocycles. The zero-order valence-corrected chi connectivity index (χ0v) is 17.1. The number of Topliss-reactive ketones (excluding diaryl/α,β-unsaturated/α-hetero) is 1. The van der Waals surface area contributed by atoms with Crippen LogP contribution in [0, 0.1) is 17.2 Å². The van der Waals surface area contributed by atoms with Crippen molar-refractivity contribution < 1.29 is 19.1 Å². The minimum atomic E-state index is -1.43. The van der Waals surface area contributed by atoms with Crippen molar-refractivity contribution in [2.24, 2.45) is 5.92 Å². The van der Waals surface area contributed by atoms with Crippen molar-refractivity contribution in [2.45, 2.75) is 13.0 Å². The second-order valence-corrected chi connectivity index (χ2v) is 7.10. The highest BCUT2D eigenvalue weighted by molar-refractivity contribution is 9.10. The Morgan fingerprint density at radius 3 is 2.03 bits per heavy atom. The maximum atomic E-state index is 12.5. The van der Waals surface area contributed by atoms with Gasteiger partial charge in [0.25, 0.3) is 5.91 Å². The van der Waals surface area contributed by atoms with Gasteiger partial charge in [0.2, 0.25) is 0 Å². The second-order valence-electron chi connectivity index (χ2n) is 6.18. The molecule has 0 aliphatic rings. The van der Waals surface area contributed by atoms with Crippen LogP contribution in [0.3, 0.4) is 0 Å². The smallest absolute Gasteiger partial charge is 0.255 e. The maximum absolute atomic E-state index is 12.5. The molecule has 0 fully saturated rings. The highest BCUT2D eigenvalue weighted by atomic mass is 79.9. The second kappa shape index (κ2) is 9.22. The number of ether oxygens (including phenoxy) is 2. The first-order valence-corrected chi connectivity index (χ1v) is 9.58. The van der Waals surface area contributed by atoms with E-state index in [0.29, 0.717) is 17.2 Å². The van der Waals surface area contributed by atoms with Gasteiger partial charge in [-0.3, -0.25) is 14.2 Å². The fourth-order valence-electron chi connectivity index (χ4n) is 2.59. The molecule has 3 rings (SSSR count). The van der Waals surface area contributed by atoms with Gasteiger partial charge in [0.15, 0.2) is 17.8 Å². The summed E-state index contributed by atoms with van der Waals surface area (Å²) in [5, 5.41) is 9.29. The largest absolute Gasteiger partial charge is 0.483 e. The summed E-state index contributed by atoms with van der Waals surface area (Å²) in [5.74, 6) is -0.906. The number of nitriles is 1. The highest BCUT2D eigenvalue weighted by Crippen LogP contribution is 2.25. The Balaban J connectivity index is 1.62. The molecule has 0 amide bonds. The Kier molecular flexibility index (Phi) is 6.47. The van der Waals surface area contributed by atoms with E-state index in [4.69, 9.17) is 9.47 Å². The molecule has 2 unspecified atom stereocenters. The van der Waals surface area contributed by atoms with Crippen molar-refractivity contribution >= 4 is 27.6 Å². The molecule has 2 atom stereocenters. The molecule has 0 aliphatic heterocycles. The van der Waals surface area contributed by atoms with Gasteiger partial charge in [0.05, 0.1) is 6.07 Å². The van der Waals surface area contributed by atoms with E-state index in [0.717, 1.165) is 4.47 Å². The van der Waals surface area contributed by atoms with Gasteiger partial charge in [-0.2, -0.15) is 5.26 Å². The normalized spacial score (nSPS) is 12.4. The van der Waals surface area contributed by atoms with Crippen LogP contribution in [0.15, 0.2) is 77.5 Å². The average Bonchev–Trinajstić information content (AvgIpc) is 3.26. The topological polar surface area (TPSA) is 81.3 Å². The standard InChI is InChI=1S/C22H17BrN2O4/c1-15(21(26)20(14-24)22(27)25-12-2-3-13-25)28-17-8-10-19(11-9-17)29-18-6-4-16(23)5-7-18/h2-13,15,20H,1H3.